The highest BCUT2D eigenvalue weighted by Gasteiger charge is 2.48. The fourth-order valence-corrected chi connectivity index (χ4v) is 3.25. The molecular formula is C12H15NO3. The Morgan fingerprint density at radius 1 is 1.44 bits per heavy atom. The molecule has 0 spiro atoms. The van der Waals surface area contributed by atoms with Crippen molar-refractivity contribution in [1.29, 1.82) is 0 Å². The normalized spacial score (nSPS) is 40.6. The van der Waals surface area contributed by atoms with Gasteiger partial charge < -0.3 is 4.74 Å². The molecule has 4 nitrogen and oxygen atoms in total. The van der Waals surface area contributed by atoms with E-state index in [4.69, 9.17) is 4.74 Å². The van der Waals surface area contributed by atoms with Gasteiger partial charge >= 0.3 is 6.09 Å². The zero-order chi connectivity index (χ0) is 11.3. The van der Waals surface area contributed by atoms with E-state index in [0.717, 1.165) is 6.42 Å². The fraction of sp³-hybridized carbons (Fsp3) is 0.667. The maximum Gasteiger partial charge on any atom is 0.416 e. The monoisotopic (exact) mass is 221 g/mol. The maximum atomic E-state index is 12.2. The van der Waals surface area contributed by atoms with Crippen molar-refractivity contribution in [2.45, 2.75) is 13.3 Å². The number of amides is 2. The highest BCUT2D eigenvalue weighted by molar-refractivity contribution is 5.94. The van der Waals surface area contributed by atoms with Crippen molar-refractivity contribution in [3.05, 3.63) is 12.2 Å². The van der Waals surface area contributed by atoms with E-state index in [2.05, 4.69) is 19.1 Å². The molecule has 0 aromatic heterocycles. The van der Waals surface area contributed by atoms with Crippen LogP contribution >= 0.6 is 0 Å². The van der Waals surface area contributed by atoms with Gasteiger partial charge in [-0.05, 0) is 24.2 Å². The van der Waals surface area contributed by atoms with Gasteiger partial charge in [-0.1, -0.05) is 19.1 Å². The number of rotatable bonds is 1. The Morgan fingerprint density at radius 3 is 2.75 bits per heavy atom. The number of cyclic esters (lactones) is 1. The number of fused-ring (bicyclic) bond motifs is 2. The van der Waals surface area contributed by atoms with Gasteiger partial charge in [0.2, 0.25) is 5.91 Å². The Hall–Kier alpha value is -1.32. The Bertz CT molecular complexity index is 376. The largest absolute Gasteiger partial charge is 0.447 e. The van der Waals surface area contributed by atoms with Crippen LogP contribution in [0.25, 0.3) is 0 Å². The van der Waals surface area contributed by atoms with E-state index in [-0.39, 0.29) is 11.8 Å². The molecule has 1 aliphatic heterocycles. The van der Waals surface area contributed by atoms with Crippen LogP contribution < -0.4 is 0 Å². The average Bonchev–Trinajstić information content (AvgIpc) is 2.92. The molecule has 2 amide bonds. The number of carbonyl (C=O) groups is 2. The topological polar surface area (TPSA) is 46.6 Å². The van der Waals surface area contributed by atoms with Gasteiger partial charge in [-0.15, -0.1) is 0 Å². The van der Waals surface area contributed by atoms with Crippen molar-refractivity contribution < 1.29 is 14.3 Å². The van der Waals surface area contributed by atoms with E-state index in [1.165, 1.54) is 4.90 Å². The van der Waals surface area contributed by atoms with Gasteiger partial charge in [-0.2, -0.15) is 0 Å². The van der Waals surface area contributed by atoms with Gasteiger partial charge in [0, 0.05) is 5.92 Å². The molecule has 1 saturated carbocycles. The summed E-state index contributed by atoms with van der Waals surface area (Å²) in [7, 11) is 0. The molecule has 0 N–H and O–H groups in total. The molecule has 2 aliphatic carbocycles. The third-order valence-electron chi connectivity index (χ3n) is 4.16. The summed E-state index contributed by atoms with van der Waals surface area (Å²) in [5.74, 6) is 1.17. The Morgan fingerprint density at radius 2 is 2.19 bits per heavy atom. The Balaban J connectivity index is 1.81. The molecule has 0 aromatic carbocycles. The summed E-state index contributed by atoms with van der Waals surface area (Å²) in [4.78, 5) is 24.9. The summed E-state index contributed by atoms with van der Waals surface area (Å²) in [6, 6.07) is 0. The number of carbonyl (C=O) groups excluding carboxylic acids is 2. The number of hydrogen-bond donors (Lipinski definition) is 0. The molecule has 2 fully saturated rings. The quantitative estimate of drug-likeness (QED) is 0.629. The molecule has 4 atom stereocenters. The molecule has 0 radical (unpaired) electrons. The lowest BCUT2D eigenvalue weighted by molar-refractivity contribution is -0.134. The number of ether oxygens (including phenoxy) is 1. The molecular weight excluding hydrogens is 206 g/mol. The van der Waals surface area contributed by atoms with Crippen LogP contribution in [0.4, 0.5) is 4.79 Å². The molecule has 1 heterocycles. The maximum absolute atomic E-state index is 12.2. The molecule has 0 unspecified atom stereocenters. The van der Waals surface area contributed by atoms with Crippen LogP contribution in [0.1, 0.15) is 13.3 Å². The van der Waals surface area contributed by atoms with Crippen LogP contribution in [-0.4, -0.2) is 30.1 Å². The fourth-order valence-electron chi connectivity index (χ4n) is 3.25. The summed E-state index contributed by atoms with van der Waals surface area (Å²) in [5, 5.41) is 0. The SMILES string of the molecule is C[C@@H]1[C@@H](C(=O)N2CCOC2=O)[C@@H]2C=C[C@H]1C2. The zero-order valence-electron chi connectivity index (χ0n) is 9.26. The first-order valence-electron chi connectivity index (χ1n) is 5.85. The predicted octanol–water partition coefficient (Wildman–Crippen LogP) is 1.42. The first-order chi connectivity index (χ1) is 7.68. The van der Waals surface area contributed by atoms with Crippen LogP contribution in [0, 0.1) is 23.7 Å². The molecule has 1 saturated heterocycles. The molecule has 2 bridgehead atoms. The van der Waals surface area contributed by atoms with Crippen molar-refractivity contribution in [2.24, 2.45) is 23.7 Å². The summed E-state index contributed by atoms with van der Waals surface area (Å²) in [6.45, 7) is 2.87. The first-order valence-corrected chi connectivity index (χ1v) is 5.85. The van der Waals surface area contributed by atoms with Crippen LogP contribution in [0.2, 0.25) is 0 Å². The standard InChI is InChI=1S/C12H15NO3/c1-7-8-2-3-9(6-8)10(7)11(14)13-4-5-16-12(13)15/h2-3,7-10H,4-6H2,1H3/t7-,8-,9+,10+/m0/s1. The minimum atomic E-state index is -0.469. The van der Waals surface area contributed by atoms with E-state index in [9.17, 15) is 9.59 Å². The van der Waals surface area contributed by atoms with Crippen molar-refractivity contribution in [3.8, 4) is 0 Å². The van der Waals surface area contributed by atoms with Gasteiger partial charge in [-0.25, -0.2) is 9.69 Å². The van der Waals surface area contributed by atoms with Crippen LogP contribution in [0.15, 0.2) is 12.2 Å². The van der Waals surface area contributed by atoms with Crippen LogP contribution in [-0.2, 0) is 9.53 Å². The van der Waals surface area contributed by atoms with Crippen molar-refractivity contribution in [1.82, 2.24) is 4.90 Å². The lowest BCUT2D eigenvalue weighted by Crippen LogP contribution is -2.40. The van der Waals surface area contributed by atoms with E-state index in [1.54, 1.807) is 0 Å². The lowest BCUT2D eigenvalue weighted by Gasteiger charge is -2.26. The van der Waals surface area contributed by atoms with Gasteiger partial charge in [0.15, 0.2) is 0 Å². The van der Waals surface area contributed by atoms with Crippen molar-refractivity contribution >= 4 is 12.0 Å². The average molecular weight is 221 g/mol. The number of nitrogens with zero attached hydrogens (tertiary/aromatic N) is 1. The van der Waals surface area contributed by atoms with Crippen LogP contribution in [0.3, 0.4) is 0 Å². The van der Waals surface area contributed by atoms with E-state index < -0.39 is 6.09 Å². The summed E-state index contributed by atoms with van der Waals surface area (Å²) >= 11 is 0. The Kier molecular flexibility index (Phi) is 2.06. The summed E-state index contributed by atoms with van der Waals surface area (Å²) < 4.78 is 4.81. The molecule has 3 rings (SSSR count). The number of imide groups is 1. The second-order valence-electron chi connectivity index (χ2n) is 4.94. The third kappa shape index (κ3) is 1.22. The minimum absolute atomic E-state index is 0.0133. The second-order valence-corrected chi connectivity index (χ2v) is 4.94. The van der Waals surface area contributed by atoms with E-state index in [0.29, 0.717) is 30.9 Å². The second kappa shape index (κ2) is 3.34. The van der Waals surface area contributed by atoms with E-state index in [1.807, 2.05) is 0 Å². The highest BCUT2D eigenvalue weighted by Crippen LogP contribution is 2.48. The highest BCUT2D eigenvalue weighted by atomic mass is 16.6. The molecule has 86 valence electrons. The lowest BCUT2D eigenvalue weighted by atomic mass is 9.83. The van der Waals surface area contributed by atoms with Gasteiger partial charge in [-0.3, -0.25) is 4.79 Å². The number of hydrogen-bond acceptors (Lipinski definition) is 3. The first kappa shape index (κ1) is 9.87. The van der Waals surface area contributed by atoms with Gasteiger partial charge in [0.25, 0.3) is 0 Å². The summed E-state index contributed by atoms with van der Waals surface area (Å²) in [6.07, 6.45) is 4.94. The molecule has 4 heteroatoms. The third-order valence-corrected chi connectivity index (χ3v) is 4.16. The van der Waals surface area contributed by atoms with Crippen molar-refractivity contribution in [2.75, 3.05) is 13.2 Å². The van der Waals surface area contributed by atoms with Gasteiger partial charge in [0.05, 0.1) is 6.54 Å². The number of allylic oxidation sites excluding steroid dienone is 2. The predicted molar refractivity (Wildman–Crippen MR) is 56.5 cm³/mol. The molecule has 16 heavy (non-hydrogen) atoms. The smallest absolute Gasteiger partial charge is 0.416 e. The van der Waals surface area contributed by atoms with Crippen LogP contribution in [0.5, 0.6) is 0 Å². The van der Waals surface area contributed by atoms with E-state index >= 15 is 0 Å². The summed E-state index contributed by atoms with van der Waals surface area (Å²) in [5.41, 5.74) is 0. The molecule has 3 aliphatic rings. The zero-order valence-corrected chi connectivity index (χ0v) is 9.26. The molecule has 0 aromatic rings. The van der Waals surface area contributed by atoms with Gasteiger partial charge in [0.1, 0.15) is 6.61 Å². The minimum Gasteiger partial charge on any atom is -0.447 e. The van der Waals surface area contributed by atoms with Crippen molar-refractivity contribution in [3.63, 3.8) is 0 Å². The Labute approximate surface area is 94.2 Å².